The summed E-state index contributed by atoms with van der Waals surface area (Å²) in [5.41, 5.74) is 1.46. The van der Waals surface area contributed by atoms with E-state index in [1.54, 1.807) is 53.4 Å². The second kappa shape index (κ2) is 9.28. The molecule has 0 spiro atoms. The quantitative estimate of drug-likeness (QED) is 0.393. The van der Waals surface area contributed by atoms with E-state index in [0.29, 0.717) is 35.2 Å². The normalized spacial score (nSPS) is 13.5. The lowest BCUT2D eigenvalue weighted by Crippen LogP contribution is -2.23. The molecule has 8 heteroatoms. The van der Waals surface area contributed by atoms with E-state index in [2.05, 4.69) is 4.98 Å². The van der Waals surface area contributed by atoms with E-state index < -0.39 is 5.97 Å². The Morgan fingerprint density at radius 3 is 2.53 bits per heavy atom. The molecule has 1 aliphatic rings. The molecule has 1 saturated heterocycles. The maximum Gasteiger partial charge on any atom is 0.317 e. The Balaban J connectivity index is 1.28. The van der Waals surface area contributed by atoms with Crippen molar-refractivity contribution < 1.29 is 19.1 Å². The maximum absolute atomic E-state index is 12.2. The number of aromatic nitrogens is 1. The lowest BCUT2D eigenvalue weighted by atomic mass is 10.2. The van der Waals surface area contributed by atoms with Gasteiger partial charge in [-0.25, -0.2) is 4.98 Å². The fraction of sp³-hybridized carbons (Fsp3) is 0.227. The van der Waals surface area contributed by atoms with Gasteiger partial charge in [-0.05, 0) is 55.0 Å². The molecular weight excluding hydrogens is 424 g/mol. The van der Waals surface area contributed by atoms with Crippen molar-refractivity contribution >= 4 is 40.5 Å². The molecule has 1 amide bonds. The SMILES string of the molecule is O=C(Cc1csc(COc2ccc(Cl)cc2)n1)Oc1ccc(N2CCCC2=O)cc1. The molecule has 2 aromatic carbocycles. The van der Waals surface area contributed by atoms with Gasteiger partial charge in [0, 0.05) is 29.1 Å². The van der Waals surface area contributed by atoms with Crippen molar-refractivity contribution in [3.05, 3.63) is 69.6 Å². The van der Waals surface area contributed by atoms with Crippen LogP contribution in [0.4, 0.5) is 5.69 Å². The van der Waals surface area contributed by atoms with Gasteiger partial charge in [-0.1, -0.05) is 11.6 Å². The number of anilines is 1. The minimum atomic E-state index is -0.393. The van der Waals surface area contributed by atoms with Gasteiger partial charge in [0.25, 0.3) is 0 Å². The number of carbonyl (C=O) groups is 2. The third kappa shape index (κ3) is 5.17. The number of amides is 1. The number of carbonyl (C=O) groups excluding carboxylic acids is 2. The van der Waals surface area contributed by atoms with Crippen molar-refractivity contribution in [2.45, 2.75) is 25.9 Å². The molecule has 4 rings (SSSR count). The molecular formula is C22H19ClN2O4S. The van der Waals surface area contributed by atoms with Crippen LogP contribution in [0.25, 0.3) is 0 Å². The molecule has 6 nitrogen and oxygen atoms in total. The largest absolute Gasteiger partial charge is 0.486 e. The van der Waals surface area contributed by atoms with Crippen LogP contribution in [0.1, 0.15) is 23.5 Å². The number of nitrogens with zero attached hydrogens (tertiary/aromatic N) is 2. The van der Waals surface area contributed by atoms with Gasteiger partial charge in [-0.2, -0.15) is 0 Å². The van der Waals surface area contributed by atoms with Crippen LogP contribution in [-0.4, -0.2) is 23.4 Å². The minimum Gasteiger partial charge on any atom is -0.486 e. The van der Waals surface area contributed by atoms with E-state index in [9.17, 15) is 9.59 Å². The molecule has 0 saturated carbocycles. The highest BCUT2D eigenvalue weighted by Crippen LogP contribution is 2.24. The molecule has 0 N–H and O–H groups in total. The average molecular weight is 443 g/mol. The second-order valence-corrected chi connectivity index (χ2v) is 8.15. The lowest BCUT2D eigenvalue weighted by molar-refractivity contribution is -0.133. The van der Waals surface area contributed by atoms with E-state index in [1.165, 1.54) is 11.3 Å². The second-order valence-electron chi connectivity index (χ2n) is 6.77. The third-order valence-corrected chi connectivity index (χ3v) is 5.68. The predicted molar refractivity (Wildman–Crippen MR) is 115 cm³/mol. The van der Waals surface area contributed by atoms with Crippen molar-refractivity contribution in [1.29, 1.82) is 0 Å². The van der Waals surface area contributed by atoms with Gasteiger partial charge in [0.2, 0.25) is 5.91 Å². The monoisotopic (exact) mass is 442 g/mol. The van der Waals surface area contributed by atoms with Gasteiger partial charge < -0.3 is 14.4 Å². The molecule has 0 aliphatic carbocycles. The number of halogens is 1. The van der Waals surface area contributed by atoms with Crippen LogP contribution in [0.2, 0.25) is 5.02 Å². The molecule has 2 heterocycles. The van der Waals surface area contributed by atoms with Crippen molar-refractivity contribution in [2.24, 2.45) is 0 Å². The number of hydrogen-bond acceptors (Lipinski definition) is 6. The fourth-order valence-electron chi connectivity index (χ4n) is 3.10. The smallest absolute Gasteiger partial charge is 0.317 e. The van der Waals surface area contributed by atoms with Crippen LogP contribution in [-0.2, 0) is 22.6 Å². The maximum atomic E-state index is 12.2. The Kier molecular flexibility index (Phi) is 6.30. The van der Waals surface area contributed by atoms with E-state index in [0.717, 1.165) is 23.7 Å². The molecule has 154 valence electrons. The summed E-state index contributed by atoms with van der Waals surface area (Å²) in [5, 5.41) is 3.24. The molecule has 30 heavy (non-hydrogen) atoms. The summed E-state index contributed by atoms with van der Waals surface area (Å²) < 4.78 is 11.1. The standard InChI is InChI=1S/C22H19ClN2O4S/c23-15-3-7-18(8-4-15)28-13-20-24-16(14-30-20)12-22(27)29-19-9-5-17(6-10-19)25-11-1-2-21(25)26/h3-10,14H,1-2,11-13H2. The van der Waals surface area contributed by atoms with Crippen molar-refractivity contribution in [1.82, 2.24) is 4.98 Å². The van der Waals surface area contributed by atoms with Crippen molar-refractivity contribution in [3.63, 3.8) is 0 Å². The van der Waals surface area contributed by atoms with E-state index >= 15 is 0 Å². The number of thiazole rings is 1. The lowest BCUT2D eigenvalue weighted by Gasteiger charge is -2.15. The Morgan fingerprint density at radius 2 is 1.83 bits per heavy atom. The van der Waals surface area contributed by atoms with Crippen molar-refractivity contribution in [2.75, 3.05) is 11.4 Å². The van der Waals surface area contributed by atoms with Crippen LogP contribution in [0, 0.1) is 0 Å². The van der Waals surface area contributed by atoms with Gasteiger partial charge in [-0.3, -0.25) is 9.59 Å². The first-order valence-corrected chi connectivity index (χ1v) is 10.8. The van der Waals surface area contributed by atoms with Gasteiger partial charge in [0.05, 0.1) is 12.1 Å². The zero-order valence-corrected chi connectivity index (χ0v) is 17.6. The third-order valence-electron chi connectivity index (χ3n) is 4.55. The number of benzene rings is 2. The summed E-state index contributed by atoms with van der Waals surface area (Å²) in [6, 6.07) is 14.1. The number of hydrogen-bond donors (Lipinski definition) is 0. The summed E-state index contributed by atoms with van der Waals surface area (Å²) in [4.78, 5) is 30.2. The summed E-state index contributed by atoms with van der Waals surface area (Å²) in [6.45, 7) is 1.05. The summed E-state index contributed by atoms with van der Waals surface area (Å²) in [7, 11) is 0. The zero-order valence-electron chi connectivity index (χ0n) is 16.0. The van der Waals surface area contributed by atoms with Crippen LogP contribution in [0.3, 0.4) is 0 Å². The first kappa shape index (κ1) is 20.4. The van der Waals surface area contributed by atoms with Crippen LogP contribution >= 0.6 is 22.9 Å². The molecule has 0 unspecified atom stereocenters. The molecule has 1 aliphatic heterocycles. The zero-order chi connectivity index (χ0) is 20.9. The summed E-state index contributed by atoms with van der Waals surface area (Å²) in [5.74, 6) is 0.876. The highest BCUT2D eigenvalue weighted by molar-refractivity contribution is 7.09. The van der Waals surface area contributed by atoms with Gasteiger partial charge >= 0.3 is 5.97 Å². The summed E-state index contributed by atoms with van der Waals surface area (Å²) in [6.07, 6.45) is 1.52. The van der Waals surface area contributed by atoms with Crippen LogP contribution in [0.15, 0.2) is 53.9 Å². The topological polar surface area (TPSA) is 68.7 Å². The fourth-order valence-corrected chi connectivity index (χ4v) is 3.93. The average Bonchev–Trinajstić information content (AvgIpc) is 3.37. The Bertz CT molecular complexity index is 1030. The van der Waals surface area contributed by atoms with Gasteiger partial charge in [0.15, 0.2) is 0 Å². The predicted octanol–water partition coefficient (Wildman–Crippen LogP) is 4.65. The van der Waals surface area contributed by atoms with Crippen molar-refractivity contribution in [3.8, 4) is 11.5 Å². The van der Waals surface area contributed by atoms with Crippen LogP contribution < -0.4 is 14.4 Å². The summed E-state index contributed by atoms with van der Waals surface area (Å²) >= 11 is 7.29. The number of rotatable bonds is 7. The molecule has 3 aromatic rings. The van der Waals surface area contributed by atoms with Crippen LogP contribution in [0.5, 0.6) is 11.5 Å². The van der Waals surface area contributed by atoms with Gasteiger partial charge in [0.1, 0.15) is 23.1 Å². The molecule has 0 bridgehead atoms. The minimum absolute atomic E-state index is 0.0732. The molecule has 1 fully saturated rings. The highest BCUT2D eigenvalue weighted by atomic mass is 35.5. The van der Waals surface area contributed by atoms with E-state index in [1.807, 2.05) is 5.38 Å². The van der Waals surface area contributed by atoms with E-state index in [4.69, 9.17) is 21.1 Å². The first-order valence-electron chi connectivity index (χ1n) is 9.49. The Labute approximate surface area is 183 Å². The first-order chi connectivity index (χ1) is 14.6. The van der Waals surface area contributed by atoms with Gasteiger partial charge in [-0.15, -0.1) is 11.3 Å². The molecule has 0 radical (unpaired) electrons. The molecule has 1 aromatic heterocycles. The number of esters is 1. The highest BCUT2D eigenvalue weighted by Gasteiger charge is 2.21. The Hall–Kier alpha value is -2.90. The van der Waals surface area contributed by atoms with E-state index in [-0.39, 0.29) is 12.3 Å². The Morgan fingerprint density at radius 1 is 1.10 bits per heavy atom. The molecule has 0 atom stereocenters. The number of ether oxygens (including phenoxy) is 2.